The number of hydrogen-bond donors (Lipinski definition) is 0. The number of allylic oxidation sites excluding steroid dienone is 3. The standard InChI is InChI=1S/C39H51F3O4/c1-3-5-7-9-10-11-12-13-18-28-38(29-26-32(27-30-38)31-19-15-14-16-20-31)37(44)45-34-24-22-33(23-25-34)36(43)46-35(39(40,41)42)21-17-8-6-4-2/h14-16,19-20,22-27,29,35H,3-13,17-18,21,28,30H2,1-2H3. The fraction of sp³-hybridized carbons (Fsp3) is 0.538. The molecule has 0 aromatic heterocycles. The molecule has 0 saturated carbocycles. The van der Waals surface area contributed by atoms with E-state index in [9.17, 15) is 22.8 Å². The third-order valence-electron chi connectivity index (χ3n) is 8.74. The Morgan fingerprint density at radius 3 is 1.93 bits per heavy atom. The summed E-state index contributed by atoms with van der Waals surface area (Å²) in [6.07, 6.45) is 13.5. The molecule has 46 heavy (non-hydrogen) atoms. The molecule has 0 N–H and O–H groups in total. The van der Waals surface area contributed by atoms with Gasteiger partial charge in [-0.05, 0) is 61.1 Å². The van der Waals surface area contributed by atoms with Gasteiger partial charge >= 0.3 is 18.1 Å². The highest BCUT2D eigenvalue weighted by atomic mass is 19.4. The minimum atomic E-state index is -4.64. The van der Waals surface area contributed by atoms with Crippen LogP contribution in [0.3, 0.4) is 0 Å². The molecule has 0 heterocycles. The van der Waals surface area contributed by atoms with Gasteiger partial charge in [0.25, 0.3) is 0 Å². The maximum Gasteiger partial charge on any atom is 0.425 e. The van der Waals surface area contributed by atoms with Crippen LogP contribution in [0.25, 0.3) is 5.57 Å². The van der Waals surface area contributed by atoms with Crippen molar-refractivity contribution in [3.8, 4) is 5.75 Å². The third kappa shape index (κ3) is 12.1. The van der Waals surface area contributed by atoms with E-state index in [-0.39, 0.29) is 23.7 Å². The van der Waals surface area contributed by atoms with E-state index in [0.717, 1.165) is 43.2 Å². The van der Waals surface area contributed by atoms with Gasteiger partial charge in [0, 0.05) is 0 Å². The summed E-state index contributed by atoms with van der Waals surface area (Å²) in [5.41, 5.74) is 1.29. The molecule has 2 unspecified atom stereocenters. The lowest BCUT2D eigenvalue weighted by Gasteiger charge is -2.30. The zero-order chi connectivity index (χ0) is 33.3. The largest absolute Gasteiger partial charge is 0.449 e. The molecule has 1 aliphatic rings. The second-order valence-corrected chi connectivity index (χ2v) is 12.5. The van der Waals surface area contributed by atoms with Crippen LogP contribution in [0.2, 0.25) is 0 Å². The second-order valence-electron chi connectivity index (χ2n) is 12.5. The predicted octanol–water partition coefficient (Wildman–Crippen LogP) is 11.6. The van der Waals surface area contributed by atoms with Gasteiger partial charge in [0.2, 0.25) is 0 Å². The summed E-state index contributed by atoms with van der Waals surface area (Å²) in [5, 5.41) is 0. The van der Waals surface area contributed by atoms with Crippen molar-refractivity contribution in [2.45, 2.75) is 129 Å². The molecule has 252 valence electrons. The van der Waals surface area contributed by atoms with Crippen molar-refractivity contribution in [1.29, 1.82) is 0 Å². The second kappa shape index (κ2) is 19.3. The summed E-state index contributed by atoms with van der Waals surface area (Å²) in [6, 6.07) is 15.6. The number of carbonyl (C=O) groups excluding carboxylic acids is 2. The maximum absolute atomic E-state index is 13.7. The van der Waals surface area contributed by atoms with E-state index < -0.39 is 23.7 Å². The van der Waals surface area contributed by atoms with Crippen LogP contribution >= 0.6 is 0 Å². The smallest absolute Gasteiger partial charge is 0.425 e. The van der Waals surface area contributed by atoms with Crippen molar-refractivity contribution < 1.29 is 32.2 Å². The van der Waals surface area contributed by atoms with Crippen molar-refractivity contribution in [2.75, 3.05) is 0 Å². The van der Waals surface area contributed by atoms with Crippen LogP contribution in [0.4, 0.5) is 13.2 Å². The summed E-state index contributed by atoms with van der Waals surface area (Å²) in [6.45, 7) is 4.20. The molecule has 2 atom stereocenters. The van der Waals surface area contributed by atoms with Crippen LogP contribution < -0.4 is 4.74 Å². The Morgan fingerprint density at radius 1 is 0.783 bits per heavy atom. The lowest BCUT2D eigenvalue weighted by atomic mass is 9.75. The van der Waals surface area contributed by atoms with Crippen LogP contribution in [-0.2, 0) is 9.53 Å². The van der Waals surface area contributed by atoms with E-state index in [1.54, 1.807) is 0 Å². The van der Waals surface area contributed by atoms with Gasteiger partial charge in [0.15, 0.2) is 6.10 Å². The number of hydrogen-bond acceptors (Lipinski definition) is 4. The molecular formula is C39H51F3O4. The first-order valence-corrected chi connectivity index (χ1v) is 17.2. The Labute approximate surface area is 273 Å². The summed E-state index contributed by atoms with van der Waals surface area (Å²) in [7, 11) is 0. The molecule has 0 radical (unpaired) electrons. The van der Waals surface area contributed by atoms with Gasteiger partial charge in [-0.2, -0.15) is 13.2 Å². The first-order valence-electron chi connectivity index (χ1n) is 17.2. The van der Waals surface area contributed by atoms with E-state index in [4.69, 9.17) is 9.47 Å². The van der Waals surface area contributed by atoms with E-state index in [2.05, 4.69) is 13.0 Å². The third-order valence-corrected chi connectivity index (χ3v) is 8.74. The van der Waals surface area contributed by atoms with Crippen LogP contribution in [0.15, 0.2) is 72.8 Å². The summed E-state index contributed by atoms with van der Waals surface area (Å²) in [5.74, 6) is -1.20. The number of ether oxygens (including phenoxy) is 2. The number of halogens is 3. The van der Waals surface area contributed by atoms with E-state index >= 15 is 0 Å². The average molecular weight is 641 g/mol. The topological polar surface area (TPSA) is 52.6 Å². The quantitative estimate of drug-likeness (QED) is 0.0821. The van der Waals surface area contributed by atoms with Crippen molar-refractivity contribution in [1.82, 2.24) is 0 Å². The molecule has 1 aliphatic carbocycles. The van der Waals surface area contributed by atoms with E-state index in [1.807, 2.05) is 49.4 Å². The molecule has 0 aliphatic heterocycles. The highest BCUT2D eigenvalue weighted by molar-refractivity contribution is 5.90. The molecular weight excluding hydrogens is 589 g/mol. The zero-order valence-electron chi connectivity index (χ0n) is 27.6. The normalized spacial score (nSPS) is 16.9. The van der Waals surface area contributed by atoms with Gasteiger partial charge < -0.3 is 9.47 Å². The van der Waals surface area contributed by atoms with Crippen molar-refractivity contribution in [2.24, 2.45) is 5.41 Å². The number of carbonyl (C=O) groups is 2. The highest BCUT2D eigenvalue weighted by Gasteiger charge is 2.42. The lowest BCUT2D eigenvalue weighted by Crippen LogP contribution is -2.34. The molecule has 7 heteroatoms. The van der Waals surface area contributed by atoms with E-state index in [0.29, 0.717) is 25.7 Å². The van der Waals surface area contributed by atoms with Crippen molar-refractivity contribution in [3.63, 3.8) is 0 Å². The SMILES string of the molecule is CCCCCCCCCCCC1(C(=O)Oc2ccc(C(=O)OC(CCCCCC)C(F)(F)F)cc2)C=CC(c2ccccc2)=CC1. The van der Waals surface area contributed by atoms with Gasteiger partial charge in [-0.3, -0.25) is 4.79 Å². The zero-order valence-corrected chi connectivity index (χ0v) is 27.6. The summed E-state index contributed by atoms with van der Waals surface area (Å²) < 4.78 is 51.2. The molecule has 2 aromatic rings. The van der Waals surface area contributed by atoms with Crippen LogP contribution in [0.1, 0.15) is 133 Å². The summed E-state index contributed by atoms with van der Waals surface area (Å²) in [4.78, 5) is 26.3. The molecule has 0 fully saturated rings. The number of esters is 2. The number of rotatable bonds is 20. The van der Waals surface area contributed by atoms with E-state index in [1.165, 1.54) is 62.8 Å². The van der Waals surface area contributed by atoms with Crippen LogP contribution in [0, 0.1) is 5.41 Å². The Morgan fingerprint density at radius 2 is 1.37 bits per heavy atom. The molecule has 3 rings (SSSR count). The average Bonchev–Trinajstić information content (AvgIpc) is 3.05. The molecule has 4 nitrogen and oxygen atoms in total. The van der Waals surface area contributed by atoms with Crippen LogP contribution in [-0.4, -0.2) is 24.2 Å². The minimum absolute atomic E-state index is 0.0278. The summed E-state index contributed by atoms with van der Waals surface area (Å²) >= 11 is 0. The fourth-order valence-corrected chi connectivity index (χ4v) is 5.82. The predicted molar refractivity (Wildman–Crippen MR) is 179 cm³/mol. The van der Waals surface area contributed by atoms with Gasteiger partial charge in [0.1, 0.15) is 5.75 Å². The Balaban J connectivity index is 1.62. The van der Waals surface area contributed by atoms with Gasteiger partial charge in [-0.1, -0.05) is 139 Å². The minimum Gasteiger partial charge on any atom is -0.449 e. The Hall–Kier alpha value is -3.35. The Kier molecular flexibility index (Phi) is 15.6. The van der Waals surface area contributed by atoms with Gasteiger partial charge in [-0.15, -0.1) is 0 Å². The molecule has 0 amide bonds. The van der Waals surface area contributed by atoms with Crippen molar-refractivity contribution >= 4 is 17.5 Å². The number of benzene rings is 2. The number of unbranched alkanes of at least 4 members (excludes halogenated alkanes) is 11. The molecule has 0 spiro atoms. The van der Waals surface area contributed by atoms with Crippen molar-refractivity contribution in [3.05, 3.63) is 84.0 Å². The maximum atomic E-state index is 13.7. The number of alkyl halides is 3. The molecule has 2 aromatic carbocycles. The first kappa shape index (κ1) is 37.1. The molecule has 0 bridgehead atoms. The lowest BCUT2D eigenvalue weighted by molar-refractivity contribution is -0.206. The molecule has 0 saturated heterocycles. The first-order chi connectivity index (χ1) is 22.2. The highest BCUT2D eigenvalue weighted by Crippen LogP contribution is 2.39. The van der Waals surface area contributed by atoms with Gasteiger partial charge in [-0.25, -0.2) is 4.79 Å². The monoisotopic (exact) mass is 640 g/mol. The fourth-order valence-electron chi connectivity index (χ4n) is 5.82. The van der Waals surface area contributed by atoms with Gasteiger partial charge in [0.05, 0.1) is 11.0 Å². The Bertz CT molecular complexity index is 1250. The van der Waals surface area contributed by atoms with Crippen LogP contribution in [0.5, 0.6) is 5.75 Å².